The van der Waals surface area contributed by atoms with Crippen LogP contribution in [0.2, 0.25) is 0 Å². The molecule has 0 amide bonds. The number of aromatic nitrogens is 2. The van der Waals surface area contributed by atoms with Crippen LogP contribution in [0, 0.1) is 58.2 Å². The molecule has 0 N–H and O–H groups in total. The summed E-state index contributed by atoms with van der Waals surface area (Å²) in [7, 11) is 0. The van der Waals surface area contributed by atoms with E-state index >= 15 is 0 Å². The van der Waals surface area contributed by atoms with Crippen LogP contribution in [-0.2, 0) is 0 Å². The van der Waals surface area contributed by atoms with E-state index in [2.05, 4.69) is 9.97 Å². The first-order valence-corrected chi connectivity index (χ1v) is 15.9. The van der Waals surface area contributed by atoms with Gasteiger partial charge in [0.05, 0.1) is 31.6 Å². The maximum atomic E-state index is 14.3. The van der Waals surface area contributed by atoms with Gasteiger partial charge in [-0.1, -0.05) is 48.5 Å². The molecule has 6 aromatic carbocycles. The van der Waals surface area contributed by atoms with Crippen molar-refractivity contribution in [2.75, 3.05) is 0 Å². The maximum absolute atomic E-state index is 14.3. The van der Waals surface area contributed by atoms with Crippen LogP contribution in [0.15, 0.2) is 72.8 Å². The van der Waals surface area contributed by atoms with Crippen molar-refractivity contribution in [2.24, 2.45) is 0 Å². The molecule has 0 spiro atoms. The van der Waals surface area contributed by atoms with Crippen molar-refractivity contribution in [3.05, 3.63) is 131 Å². The molecule has 50 heavy (non-hydrogen) atoms. The second kappa shape index (κ2) is 11.6. The van der Waals surface area contributed by atoms with Crippen molar-refractivity contribution in [3.8, 4) is 43.4 Å². The molecule has 0 aliphatic carbocycles. The Morgan fingerprint density at radius 1 is 0.340 bits per heavy atom. The molecule has 0 saturated carbocycles. The Morgan fingerprint density at radius 3 is 0.940 bits per heavy atom. The molecule has 8 aromatic rings. The van der Waals surface area contributed by atoms with E-state index in [0.717, 1.165) is 20.2 Å². The van der Waals surface area contributed by atoms with Gasteiger partial charge in [-0.25, -0.2) is 53.9 Å². The van der Waals surface area contributed by atoms with Crippen LogP contribution in [0.5, 0.6) is 0 Å². The average molecular weight is 727 g/mol. The number of hydrogen-bond acceptors (Lipinski definition) is 4. The zero-order chi connectivity index (χ0) is 35.2. The summed E-state index contributed by atoms with van der Waals surface area (Å²) in [6.07, 6.45) is 0. The fourth-order valence-corrected chi connectivity index (χ4v) is 7.62. The monoisotopic (exact) mass is 726 g/mol. The quantitative estimate of drug-likeness (QED) is 0.103. The highest BCUT2D eigenvalue weighted by molar-refractivity contribution is 7.22. The van der Waals surface area contributed by atoms with Crippen LogP contribution in [0.4, 0.5) is 43.9 Å². The SMILES string of the molecule is Fc1c(F)c(F)c(-c2ccc(-c3nc4cc5cc6sc(-c7ccc(-c8c(F)c(F)c(F)c(F)c8F)cc7)nc6cc5cc4s3)cc2)c(F)c1F. The van der Waals surface area contributed by atoms with Gasteiger partial charge >= 0.3 is 0 Å². The van der Waals surface area contributed by atoms with Crippen molar-refractivity contribution in [2.45, 2.75) is 0 Å². The molecular formula is C36H12F10N2S2. The van der Waals surface area contributed by atoms with Crippen molar-refractivity contribution in [1.29, 1.82) is 0 Å². The van der Waals surface area contributed by atoms with Crippen molar-refractivity contribution in [1.82, 2.24) is 9.97 Å². The normalized spacial score (nSPS) is 11.8. The van der Waals surface area contributed by atoms with E-state index in [4.69, 9.17) is 0 Å². The third-order valence-corrected chi connectivity index (χ3v) is 10.2. The van der Waals surface area contributed by atoms with Crippen LogP contribution in [0.1, 0.15) is 0 Å². The summed E-state index contributed by atoms with van der Waals surface area (Å²) in [5, 5.41) is 2.77. The predicted octanol–water partition coefficient (Wildman–Crippen LogP) is 12.1. The molecule has 2 aromatic heterocycles. The highest BCUT2D eigenvalue weighted by Crippen LogP contribution is 2.39. The Balaban J connectivity index is 1.10. The van der Waals surface area contributed by atoms with Gasteiger partial charge in [0.25, 0.3) is 0 Å². The van der Waals surface area contributed by atoms with Crippen LogP contribution < -0.4 is 0 Å². The largest absolute Gasteiger partial charge is 0.236 e. The molecule has 248 valence electrons. The number of halogens is 10. The first kappa shape index (κ1) is 31.9. The van der Waals surface area contributed by atoms with E-state index in [1.165, 1.54) is 71.2 Å². The van der Waals surface area contributed by atoms with E-state index in [1.54, 1.807) is 0 Å². The Hall–Kier alpha value is -5.34. The summed E-state index contributed by atoms with van der Waals surface area (Å²) in [6, 6.07) is 18.4. The van der Waals surface area contributed by atoms with Crippen molar-refractivity contribution < 1.29 is 43.9 Å². The topological polar surface area (TPSA) is 25.8 Å². The molecule has 0 aliphatic heterocycles. The van der Waals surface area contributed by atoms with Gasteiger partial charge in [0.15, 0.2) is 46.5 Å². The van der Waals surface area contributed by atoms with E-state index in [1.807, 2.05) is 24.3 Å². The Kier molecular flexibility index (Phi) is 7.42. The number of hydrogen-bond donors (Lipinski definition) is 0. The van der Waals surface area contributed by atoms with Gasteiger partial charge in [0.1, 0.15) is 10.0 Å². The molecule has 0 atom stereocenters. The Bertz CT molecular complexity index is 2390. The smallest absolute Gasteiger partial charge is 0.200 e. The second-order valence-electron chi connectivity index (χ2n) is 11.1. The summed E-state index contributed by atoms with van der Waals surface area (Å²) >= 11 is 2.65. The molecule has 0 aliphatic rings. The zero-order valence-electron chi connectivity index (χ0n) is 24.4. The van der Waals surface area contributed by atoms with E-state index in [9.17, 15) is 43.9 Å². The lowest BCUT2D eigenvalue weighted by atomic mass is 10.0. The summed E-state index contributed by atoms with van der Waals surface area (Å²) in [4.78, 5) is 9.34. The van der Waals surface area contributed by atoms with Gasteiger partial charge in [-0.15, -0.1) is 22.7 Å². The molecule has 0 fully saturated rings. The fourth-order valence-electron chi connectivity index (χ4n) is 5.62. The van der Waals surface area contributed by atoms with Gasteiger partial charge in [-0.3, -0.25) is 0 Å². The Labute approximate surface area is 281 Å². The lowest BCUT2D eigenvalue weighted by Gasteiger charge is -2.08. The van der Waals surface area contributed by atoms with E-state index in [-0.39, 0.29) is 11.1 Å². The number of fused-ring (bicyclic) bond motifs is 3. The van der Waals surface area contributed by atoms with Crippen molar-refractivity contribution in [3.63, 3.8) is 0 Å². The lowest BCUT2D eigenvalue weighted by molar-refractivity contribution is 0.381. The van der Waals surface area contributed by atoms with E-state index < -0.39 is 69.3 Å². The first-order chi connectivity index (χ1) is 23.9. The highest BCUT2D eigenvalue weighted by Gasteiger charge is 2.28. The van der Waals surface area contributed by atoms with Crippen LogP contribution in [0.3, 0.4) is 0 Å². The average Bonchev–Trinajstić information content (AvgIpc) is 3.74. The van der Waals surface area contributed by atoms with Gasteiger partial charge in [-0.2, -0.15) is 0 Å². The molecule has 0 unspecified atom stereocenters. The summed E-state index contributed by atoms with van der Waals surface area (Å²) in [5.74, 6) is -20.3. The molecule has 0 saturated heterocycles. The lowest BCUT2D eigenvalue weighted by Crippen LogP contribution is -2.03. The third-order valence-electron chi connectivity index (χ3n) is 8.11. The van der Waals surface area contributed by atoms with Gasteiger partial charge in [-0.05, 0) is 46.2 Å². The number of thiazole rings is 2. The van der Waals surface area contributed by atoms with Crippen LogP contribution in [0.25, 0.3) is 74.6 Å². The van der Waals surface area contributed by atoms with Crippen molar-refractivity contribution >= 4 is 53.9 Å². The molecule has 2 nitrogen and oxygen atoms in total. The van der Waals surface area contributed by atoms with Gasteiger partial charge in [0.2, 0.25) is 11.6 Å². The maximum Gasteiger partial charge on any atom is 0.200 e. The highest BCUT2D eigenvalue weighted by atomic mass is 32.1. The molecule has 0 radical (unpaired) electrons. The van der Waals surface area contributed by atoms with Gasteiger partial charge < -0.3 is 0 Å². The minimum atomic E-state index is -2.23. The number of nitrogens with zero attached hydrogens (tertiary/aromatic N) is 2. The zero-order valence-corrected chi connectivity index (χ0v) is 26.1. The summed E-state index contributed by atoms with van der Waals surface area (Å²) in [5.41, 5.74) is -0.0377. The second-order valence-corrected chi connectivity index (χ2v) is 13.1. The minimum Gasteiger partial charge on any atom is -0.236 e. The summed E-state index contributed by atoms with van der Waals surface area (Å²) < 4.78 is 141. The Morgan fingerprint density at radius 2 is 0.620 bits per heavy atom. The predicted molar refractivity (Wildman–Crippen MR) is 172 cm³/mol. The number of rotatable bonds is 4. The molecule has 0 bridgehead atoms. The van der Waals surface area contributed by atoms with E-state index in [0.29, 0.717) is 32.2 Å². The first-order valence-electron chi connectivity index (χ1n) is 14.3. The summed E-state index contributed by atoms with van der Waals surface area (Å²) in [6.45, 7) is 0. The standard InChI is InChI=1S/C36H12F10N2S2/c37-25-23(26(38)30(42)33(45)29(25)41)13-1-5-15(6-2-13)35-47-19-9-17-12-22-20(10-18(17)11-21(19)49-35)48-36(50-22)16-7-3-14(4-8-16)24-27(39)31(43)34(46)32(44)28(24)40/h1-12H. The third kappa shape index (κ3) is 4.92. The van der Waals surface area contributed by atoms with Crippen LogP contribution in [-0.4, -0.2) is 9.97 Å². The molecule has 8 rings (SSSR count). The van der Waals surface area contributed by atoms with Gasteiger partial charge in [0, 0.05) is 11.1 Å². The van der Waals surface area contributed by atoms with Crippen LogP contribution >= 0.6 is 22.7 Å². The fraction of sp³-hybridized carbons (Fsp3) is 0. The molecular weight excluding hydrogens is 715 g/mol. The number of benzene rings is 6. The molecule has 14 heteroatoms. The minimum absolute atomic E-state index is 0.197. The molecule has 2 heterocycles.